The molecule has 0 saturated carbocycles. The number of amides is 2. The van der Waals surface area contributed by atoms with Crippen LogP contribution in [-0.4, -0.2) is 61.1 Å². The molecular formula is C28H36Cl3N5O2. The summed E-state index contributed by atoms with van der Waals surface area (Å²) in [5.41, 5.74) is 3.29. The zero-order chi connectivity index (χ0) is 25.7. The van der Waals surface area contributed by atoms with E-state index in [2.05, 4.69) is 36.6 Å². The first-order chi connectivity index (χ1) is 17.3. The zero-order valence-electron chi connectivity index (χ0n) is 21.9. The molecule has 4 rings (SSSR count). The van der Waals surface area contributed by atoms with Crippen molar-refractivity contribution < 1.29 is 9.59 Å². The molecular weight excluding hydrogens is 545 g/mol. The third-order valence-corrected chi connectivity index (χ3v) is 6.82. The number of nitrogens with one attached hydrogen (secondary N) is 2. The smallest absolute Gasteiger partial charge is 0.250 e. The first kappa shape index (κ1) is 31.8. The molecule has 0 atom stereocenters. The summed E-state index contributed by atoms with van der Waals surface area (Å²) in [5.74, 6) is -0.183. The monoisotopic (exact) mass is 579 g/mol. The van der Waals surface area contributed by atoms with Gasteiger partial charge < -0.3 is 10.2 Å². The highest BCUT2D eigenvalue weighted by molar-refractivity contribution is 6.36. The SMILES string of the molecule is CC(C)NCCN(C(=O)CNCC(=O)N(C)N1Cc2ccccc2C1)c1ccc(Cl)c2ccccc12.Cl.Cl. The molecule has 7 nitrogen and oxygen atoms in total. The molecule has 1 heterocycles. The average molecular weight is 581 g/mol. The summed E-state index contributed by atoms with van der Waals surface area (Å²) in [6.07, 6.45) is 0. The molecule has 3 aromatic rings. The lowest BCUT2D eigenvalue weighted by molar-refractivity contribution is -0.145. The molecule has 0 spiro atoms. The van der Waals surface area contributed by atoms with Gasteiger partial charge in [0.2, 0.25) is 5.91 Å². The van der Waals surface area contributed by atoms with Crippen molar-refractivity contribution >= 4 is 64.7 Å². The summed E-state index contributed by atoms with van der Waals surface area (Å²) in [7, 11) is 1.78. The predicted molar refractivity (Wildman–Crippen MR) is 160 cm³/mol. The first-order valence-electron chi connectivity index (χ1n) is 12.3. The molecule has 1 aliphatic rings. The van der Waals surface area contributed by atoms with E-state index in [0.717, 1.165) is 16.5 Å². The Labute approximate surface area is 242 Å². The van der Waals surface area contributed by atoms with Crippen LogP contribution in [0.4, 0.5) is 5.69 Å². The molecule has 206 valence electrons. The van der Waals surface area contributed by atoms with Gasteiger partial charge in [0.25, 0.3) is 5.91 Å². The number of anilines is 1. The maximum atomic E-state index is 13.4. The van der Waals surface area contributed by atoms with Crippen LogP contribution in [0.3, 0.4) is 0 Å². The highest BCUT2D eigenvalue weighted by Gasteiger charge is 2.25. The van der Waals surface area contributed by atoms with Crippen molar-refractivity contribution in [1.29, 1.82) is 0 Å². The van der Waals surface area contributed by atoms with E-state index in [0.29, 0.717) is 37.2 Å². The molecule has 0 saturated heterocycles. The fourth-order valence-corrected chi connectivity index (χ4v) is 4.73. The molecule has 3 aromatic carbocycles. The van der Waals surface area contributed by atoms with Crippen LogP contribution < -0.4 is 15.5 Å². The summed E-state index contributed by atoms with van der Waals surface area (Å²) < 4.78 is 0. The molecule has 0 fully saturated rings. The third kappa shape index (κ3) is 7.59. The highest BCUT2D eigenvalue weighted by Crippen LogP contribution is 2.32. The largest absolute Gasteiger partial charge is 0.313 e. The zero-order valence-corrected chi connectivity index (χ0v) is 24.3. The van der Waals surface area contributed by atoms with Gasteiger partial charge in [0.1, 0.15) is 0 Å². The number of benzene rings is 3. The second-order valence-electron chi connectivity index (χ2n) is 9.38. The number of hydrazine groups is 1. The number of likely N-dealkylation sites (N-methyl/N-ethyl adjacent to an activating group) is 1. The minimum atomic E-state index is -0.0999. The molecule has 0 aromatic heterocycles. The molecule has 10 heteroatoms. The lowest BCUT2D eigenvalue weighted by atomic mass is 10.1. The maximum Gasteiger partial charge on any atom is 0.250 e. The standard InChI is InChI=1S/C28H34ClN5O2.2ClH/c1-20(2)31-14-15-34(26-13-12-25(29)23-10-6-7-11-24(23)26)28(36)17-30-16-27(35)32(3)33-18-21-8-4-5-9-22(21)19-33;;/h4-13,20,30-31H,14-19H2,1-3H3;2*1H. The number of hydrogen-bond acceptors (Lipinski definition) is 5. The van der Waals surface area contributed by atoms with Gasteiger partial charge in [-0.3, -0.25) is 19.9 Å². The van der Waals surface area contributed by atoms with Crippen LogP contribution in [0, 0.1) is 0 Å². The molecule has 2 N–H and O–H groups in total. The summed E-state index contributed by atoms with van der Waals surface area (Å²) in [4.78, 5) is 28.0. The normalized spacial score (nSPS) is 12.6. The summed E-state index contributed by atoms with van der Waals surface area (Å²) >= 11 is 6.42. The quantitative estimate of drug-likeness (QED) is 0.366. The van der Waals surface area contributed by atoms with Crippen LogP contribution in [0.25, 0.3) is 10.8 Å². The molecule has 2 amide bonds. The molecule has 0 radical (unpaired) electrons. The number of rotatable bonds is 10. The Morgan fingerprint density at radius 2 is 1.47 bits per heavy atom. The summed E-state index contributed by atoms with van der Waals surface area (Å²) in [6.45, 7) is 6.85. The average Bonchev–Trinajstić information content (AvgIpc) is 3.31. The number of nitrogens with zero attached hydrogens (tertiary/aromatic N) is 3. The summed E-state index contributed by atoms with van der Waals surface area (Å²) in [6, 6.07) is 20.1. The Morgan fingerprint density at radius 1 is 0.895 bits per heavy atom. The second kappa shape index (κ2) is 14.7. The van der Waals surface area contributed by atoms with Gasteiger partial charge in [0, 0.05) is 55.1 Å². The van der Waals surface area contributed by atoms with Gasteiger partial charge in [-0.15, -0.1) is 24.8 Å². The van der Waals surface area contributed by atoms with Crippen LogP contribution in [0.5, 0.6) is 0 Å². The maximum absolute atomic E-state index is 13.4. The van der Waals surface area contributed by atoms with Gasteiger partial charge in [0.15, 0.2) is 0 Å². The Hall–Kier alpha value is -2.39. The molecule has 1 aliphatic heterocycles. The lowest BCUT2D eigenvalue weighted by Gasteiger charge is -2.28. The second-order valence-corrected chi connectivity index (χ2v) is 9.79. The fourth-order valence-electron chi connectivity index (χ4n) is 4.50. The Balaban J connectivity index is 0.00000253. The van der Waals surface area contributed by atoms with E-state index in [1.165, 1.54) is 11.1 Å². The lowest BCUT2D eigenvalue weighted by Crippen LogP contribution is -2.47. The van der Waals surface area contributed by atoms with Gasteiger partial charge in [-0.2, -0.15) is 0 Å². The van der Waals surface area contributed by atoms with Gasteiger partial charge in [-0.1, -0.05) is 74.0 Å². The van der Waals surface area contributed by atoms with E-state index in [1.807, 2.05) is 53.5 Å². The van der Waals surface area contributed by atoms with E-state index >= 15 is 0 Å². The first-order valence-corrected chi connectivity index (χ1v) is 12.7. The fraction of sp³-hybridized carbons (Fsp3) is 0.357. The van der Waals surface area contributed by atoms with Crippen molar-refractivity contribution in [3.8, 4) is 0 Å². The van der Waals surface area contributed by atoms with Crippen molar-refractivity contribution in [1.82, 2.24) is 20.7 Å². The predicted octanol–water partition coefficient (Wildman–Crippen LogP) is 4.65. The van der Waals surface area contributed by atoms with Crippen LogP contribution in [0.15, 0.2) is 60.7 Å². The van der Waals surface area contributed by atoms with E-state index in [4.69, 9.17) is 11.6 Å². The van der Waals surface area contributed by atoms with E-state index in [1.54, 1.807) is 17.0 Å². The summed E-state index contributed by atoms with van der Waals surface area (Å²) in [5, 5.41) is 12.6. The molecule has 38 heavy (non-hydrogen) atoms. The van der Waals surface area contributed by atoms with Gasteiger partial charge >= 0.3 is 0 Å². The molecule has 0 aliphatic carbocycles. The van der Waals surface area contributed by atoms with Gasteiger partial charge in [0.05, 0.1) is 18.8 Å². The van der Waals surface area contributed by atoms with Gasteiger partial charge in [-0.25, -0.2) is 5.01 Å². The van der Waals surface area contributed by atoms with E-state index in [9.17, 15) is 9.59 Å². The van der Waals surface area contributed by atoms with Gasteiger partial charge in [-0.05, 0) is 23.3 Å². The topological polar surface area (TPSA) is 67.9 Å². The Kier molecular flexibility index (Phi) is 12.3. The van der Waals surface area contributed by atoms with Crippen molar-refractivity contribution in [3.63, 3.8) is 0 Å². The Bertz CT molecular complexity index is 1220. The van der Waals surface area contributed by atoms with E-state index in [-0.39, 0.29) is 49.7 Å². The van der Waals surface area contributed by atoms with Crippen LogP contribution in [0.1, 0.15) is 25.0 Å². The van der Waals surface area contributed by atoms with Crippen molar-refractivity contribution in [3.05, 3.63) is 76.8 Å². The number of fused-ring (bicyclic) bond motifs is 2. The number of hydrogen-bond donors (Lipinski definition) is 2. The van der Waals surface area contributed by atoms with E-state index < -0.39 is 0 Å². The van der Waals surface area contributed by atoms with Crippen LogP contribution in [-0.2, 0) is 22.7 Å². The van der Waals surface area contributed by atoms with Crippen molar-refractivity contribution in [2.24, 2.45) is 0 Å². The number of carbonyl (C=O) groups is 2. The third-order valence-electron chi connectivity index (χ3n) is 6.49. The number of halogens is 3. The van der Waals surface area contributed by atoms with Crippen LogP contribution >= 0.6 is 36.4 Å². The Morgan fingerprint density at radius 3 is 2.11 bits per heavy atom. The molecule has 0 bridgehead atoms. The van der Waals surface area contributed by atoms with Crippen LogP contribution in [0.2, 0.25) is 5.02 Å². The molecule has 0 unspecified atom stereocenters. The minimum absolute atomic E-state index is 0. The number of carbonyl (C=O) groups excluding carboxylic acids is 2. The van der Waals surface area contributed by atoms with Crippen molar-refractivity contribution in [2.45, 2.75) is 33.0 Å². The highest BCUT2D eigenvalue weighted by atomic mass is 35.5. The van der Waals surface area contributed by atoms with Crippen molar-refractivity contribution in [2.75, 3.05) is 38.1 Å². The minimum Gasteiger partial charge on any atom is -0.313 e.